The highest BCUT2D eigenvalue weighted by Crippen LogP contribution is 2.43. The van der Waals surface area contributed by atoms with E-state index in [0.29, 0.717) is 11.4 Å². The van der Waals surface area contributed by atoms with Gasteiger partial charge in [0.25, 0.3) is 0 Å². The number of nitrogens with zero attached hydrogens (tertiary/aromatic N) is 3. The fourth-order valence-electron chi connectivity index (χ4n) is 10.5. The molecule has 0 amide bonds. The van der Waals surface area contributed by atoms with Gasteiger partial charge in [0, 0.05) is 43.5 Å². The van der Waals surface area contributed by atoms with Crippen LogP contribution in [0.25, 0.3) is 123 Å². The Morgan fingerprint density at radius 2 is 0.632 bits per heavy atom. The Balaban J connectivity index is 0.931. The molecule has 0 aliphatic heterocycles. The van der Waals surface area contributed by atoms with Gasteiger partial charge in [-0.25, -0.2) is 0 Å². The first-order valence-corrected chi connectivity index (χ1v) is 25.5. The maximum absolute atomic E-state index is 7.98. The van der Waals surface area contributed by atoms with Crippen LogP contribution >= 0.6 is 0 Å². The Bertz CT molecular complexity index is 4280. The lowest BCUT2D eigenvalue weighted by Crippen LogP contribution is -1.93. The van der Waals surface area contributed by atoms with Gasteiger partial charge in [0.1, 0.15) is 0 Å². The van der Waals surface area contributed by atoms with Crippen molar-refractivity contribution in [2.24, 2.45) is 0 Å². The molecule has 0 bridgehead atoms. The van der Waals surface area contributed by atoms with E-state index >= 15 is 0 Å². The van der Waals surface area contributed by atoms with Gasteiger partial charge in [-0.15, -0.1) is 0 Å². The lowest BCUT2D eigenvalue weighted by Gasteiger charge is -2.18. The zero-order valence-corrected chi connectivity index (χ0v) is 42.2. The average Bonchev–Trinajstić information content (AvgIpc) is 3.71. The molecule has 9 aromatic carbocycles. The second-order valence-electron chi connectivity index (χ2n) is 19.2. The largest absolute Gasteiger partial charge is 0.256 e. The van der Waals surface area contributed by atoms with Gasteiger partial charge >= 0.3 is 0 Å². The van der Waals surface area contributed by atoms with Gasteiger partial charge in [0.05, 0.1) is 17.1 Å². The first-order valence-electron chi connectivity index (χ1n) is 28.5. The van der Waals surface area contributed by atoms with Gasteiger partial charge in [-0.2, -0.15) is 0 Å². The zero-order valence-electron chi connectivity index (χ0n) is 48.2. The fourth-order valence-corrected chi connectivity index (χ4v) is 10.5. The molecule has 0 fully saturated rings. The summed E-state index contributed by atoms with van der Waals surface area (Å²) in [5, 5.41) is 0. The van der Waals surface area contributed by atoms with Gasteiger partial charge in [-0.1, -0.05) is 194 Å². The second-order valence-corrected chi connectivity index (χ2v) is 19.2. The number of rotatable bonds is 11. The molecule has 0 radical (unpaired) electrons. The fraction of sp³-hybridized carbons (Fsp3) is 0.0548. The molecule has 3 nitrogen and oxygen atoms in total. The highest BCUT2D eigenvalue weighted by Gasteiger charge is 2.18. The van der Waals surface area contributed by atoms with Crippen molar-refractivity contribution in [3.05, 3.63) is 283 Å². The molecule has 3 aromatic heterocycles. The highest BCUT2D eigenvalue weighted by atomic mass is 14.7. The van der Waals surface area contributed by atoms with E-state index in [1.54, 1.807) is 30.5 Å². The van der Waals surface area contributed by atoms with Crippen LogP contribution in [-0.4, -0.2) is 15.0 Å². The van der Waals surface area contributed by atoms with E-state index in [0.717, 1.165) is 94.7 Å². The van der Waals surface area contributed by atoms with Crippen LogP contribution in [0.3, 0.4) is 0 Å². The van der Waals surface area contributed by atoms with Crippen molar-refractivity contribution in [3.8, 4) is 123 Å². The summed E-state index contributed by atoms with van der Waals surface area (Å²) in [6, 6.07) is 83.4. The molecule has 362 valence electrons. The van der Waals surface area contributed by atoms with Crippen molar-refractivity contribution in [1.82, 2.24) is 15.0 Å². The Kier molecular flexibility index (Phi) is 11.2. The number of pyridine rings is 3. The van der Waals surface area contributed by atoms with Gasteiger partial charge in [0.15, 0.2) is 0 Å². The number of hydrogen-bond donors (Lipinski definition) is 0. The standard InChI is InChI=1S/C73H55N3/c1-48-38-40-74-72(42-48)57-31-25-54(26-32-57)66-17-9-12-20-69(66)61-43-60(68-19-11-8-16-65(68)53-23-29-56(30-24-53)71-37-22-49(2)47-76-71)44-62(45-61)70-21-13-10-18-67(70)55-27-33-58(34-28-55)73-46-59(39-41-75-73)64-36-35-63(50(3)51(64)4)52-14-6-5-7-15-52/h5-47H,1-4H3/i1D3,2D3. The smallest absolute Gasteiger partial charge is 0.0708 e. The molecule has 12 aromatic rings. The minimum Gasteiger partial charge on any atom is -0.256 e. The van der Waals surface area contributed by atoms with Crippen molar-refractivity contribution in [2.75, 3.05) is 0 Å². The van der Waals surface area contributed by atoms with Crippen LogP contribution in [0, 0.1) is 27.6 Å². The molecule has 0 aliphatic carbocycles. The van der Waals surface area contributed by atoms with Crippen LogP contribution in [-0.2, 0) is 0 Å². The van der Waals surface area contributed by atoms with Crippen LogP contribution in [0.1, 0.15) is 30.5 Å². The molecule has 3 heteroatoms. The van der Waals surface area contributed by atoms with Crippen LogP contribution in [0.5, 0.6) is 0 Å². The quantitative estimate of drug-likeness (QED) is 0.130. The van der Waals surface area contributed by atoms with E-state index in [2.05, 4.69) is 218 Å². The molecular formula is C73H55N3. The third kappa shape index (κ3) is 9.59. The summed E-state index contributed by atoms with van der Waals surface area (Å²) in [4.78, 5) is 13.9. The molecule has 0 N–H and O–H groups in total. The lowest BCUT2D eigenvalue weighted by atomic mass is 9.86. The number of aryl methyl sites for hydroxylation is 2. The van der Waals surface area contributed by atoms with Gasteiger partial charge in [-0.3, -0.25) is 15.0 Å². The topological polar surface area (TPSA) is 38.7 Å². The van der Waals surface area contributed by atoms with Gasteiger partial charge < -0.3 is 0 Å². The third-order valence-corrected chi connectivity index (χ3v) is 14.6. The first-order chi connectivity index (χ1) is 39.7. The average molecular weight is 980 g/mol. The molecule has 3 heterocycles. The Hall–Kier alpha value is -9.57. The summed E-state index contributed by atoms with van der Waals surface area (Å²) in [5.74, 6) is 0. The number of benzene rings is 9. The van der Waals surface area contributed by atoms with E-state index in [-0.39, 0.29) is 11.1 Å². The van der Waals surface area contributed by atoms with E-state index < -0.39 is 13.7 Å². The van der Waals surface area contributed by atoms with Crippen LogP contribution in [0.2, 0.25) is 0 Å². The van der Waals surface area contributed by atoms with Gasteiger partial charge in [0.2, 0.25) is 0 Å². The summed E-state index contributed by atoms with van der Waals surface area (Å²) in [7, 11) is 0. The maximum Gasteiger partial charge on any atom is 0.0708 e. The highest BCUT2D eigenvalue weighted by molar-refractivity contribution is 5.94. The Labute approximate surface area is 455 Å². The minimum absolute atomic E-state index is 0.208. The summed E-state index contributed by atoms with van der Waals surface area (Å²) >= 11 is 0. The monoisotopic (exact) mass is 979 g/mol. The van der Waals surface area contributed by atoms with E-state index in [9.17, 15) is 0 Å². The summed E-state index contributed by atoms with van der Waals surface area (Å²) in [5.41, 5.74) is 25.3. The van der Waals surface area contributed by atoms with Crippen LogP contribution in [0.15, 0.2) is 261 Å². The molecule has 0 saturated carbocycles. The van der Waals surface area contributed by atoms with Crippen LogP contribution in [0.4, 0.5) is 0 Å². The van der Waals surface area contributed by atoms with E-state index in [1.807, 2.05) is 30.5 Å². The molecule has 12 rings (SSSR count). The second kappa shape index (κ2) is 20.7. The van der Waals surface area contributed by atoms with Crippen molar-refractivity contribution < 1.29 is 8.22 Å². The summed E-state index contributed by atoms with van der Waals surface area (Å²) in [6.45, 7) is -0.0516. The third-order valence-electron chi connectivity index (χ3n) is 14.6. The summed E-state index contributed by atoms with van der Waals surface area (Å²) in [6.07, 6.45) is 4.89. The number of hydrogen-bond acceptors (Lipinski definition) is 3. The molecular weight excluding hydrogens is 919 g/mol. The predicted octanol–water partition coefficient (Wildman–Crippen LogP) is 19.4. The number of aromatic nitrogens is 3. The molecule has 0 saturated heterocycles. The van der Waals surface area contributed by atoms with E-state index in [1.165, 1.54) is 34.0 Å². The SMILES string of the molecule is [2H]C([2H])([2H])c1ccc(-c2ccc(-c3ccccc3-c3cc(-c4ccccc4-c4ccc(-c5cc(-c6ccc(-c7ccccc7)c(C)c6C)ccn5)cc4)cc(-c4ccccc4-c4ccc(-c5cc(C([2H])([2H])[2H])ccn5)cc4)c3)cc2)nc1. The zero-order chi connectivity index (χ0) is 56.5. The normalized spacial score (nSPS) is 12.7. The molecule has 0 aliphatic rings. The van der Waals surface area contributed by atoms with E-state index in [4.69, 9.17) is 13.2 Å². The Morgan fingerprint density at radius 1 is 0.250 bits per heavy atom. The van der Waals surface area contributed by atoms with Crippen molar-refractivity contribution in [3.63, 3.8) is 0 Å². The van der Waals surface area contributed by atoms with Crippen LogP contribution < -0.4 is 0 Å². The lowest BCUT2D eigenvalue weighted by molar-refractivity contribution is 1.27. The predicted molar refractivity (Wildman–Crippen MR) is 319 cm³/mol. The minimum atomic E-state index is -2.24. The molecule has 0 unspecified atom stereocenters. The van der Waals surface area contributed by atoms with Crippen molar-refractivity contribution >= 4 is 0 Å². The molecule has 76 heavy (non-hydrogen) atoms. The van der Waals surface area contributed by atoms with Crippen molar-refractivity contribution in [2.45, 2.75) is 27.6 Å². The molecule has 0 spiro atoms. The van der Waals surface area contributed by atoms with Crippen molar-refractivity contribution in [1.29, 1.82) is 0 Å². The maximum atomic E-state index is 7.98. The Morgan fingerprint density at radius 3 is 1.08 bits per heavy atom. The molecule has 0 atom stereocenters. The van der Waals surface area contributed by atoms with Gasteiger partial charge in [-0.05, 0) is 187 Å². The summed E-state index contributed by atoms with van der Waals surface area (Å²) < 4.78 is 47.4. The first kappa shape index (κ1) is 40.9.